The van der Waals surface area contributed by atoms with E-state index in [1.54, 1.807) is 24.4 Å². The Kier molecular flexibility index (Phi) is 9.21. The summed E-state index contributed by atoms with van der Waals surface area (Å²) in [6.07, 6.45) is 10.3. The Bertz CT molecular complexity index is 1770. The highest BCUT2D eigenvalue weighted by Gasteiger charge is 2.26. The molecule has 12 heteroatoms. The van der Waals surface area contributed by atoms with Crippen molar-refractivity contribution in [2.24, 2.45) is 10.7 Å². The van der Waals surface area contributed by atoms with Gasteiger partial charge in [0.05, 0.1) is 41.3 Å². The third-order valence-corrected chi connectivity index (χ3v) is 8.54. The van der Waals surface area contributed by atoms with E-state index < -0.39 is 5.60 Å². The van der Waals surface area contributed by atoms with Crippen LogP contribution in [0, 0.1) is 0 Å². The van der Waals surface area contributed by atoms with E-state index in [9.17, 15) is 9.90 Å². The molecule has 2 aliphatic rings. The number of phenolic OH excluding ortho intramolecular Hbond substituents is 1. The van der Waals surface area contributed by atoms with Gasteiger partial charge in [-0.25, -0.2) is 14.3 Å². The summed E-state index contributed by atoms with van der Waals surface area (Å²) in [5, 5.41) is 21.4. The van der Waals surface area contributed by atoms with Crippen molar-refractivity contribution in [2.75, 3.05) is 36.5 Å². The first-order valence-electron chi connectivity index (χ1n) is 16.3. The number of fused-ring (bicyclic) bond motifs is 1. The number of hydrogen-bond donors (Lipinski definition) is 4. The lowest BCUT2D eigenvalue weighted by molar-refractivity contribution is 0.0497. The Hall–Kier alpha value is -4.84. The van der Waals surface area contributed by atoms with E-state index in [4.69, 9.17) is 25.3 Å². The molecule has 3 aromatic heterocycles. The van der Waals surface area contributed by atoms with Gasteiger partial charge in [0.15, 0.2) is 0 Å². The predicted molar refractivity (Wildman–Crippen MR) is 184 cm³/mol. The zero-order chi connectivity index (χ0) is 33.1. The second-order valence-corrected chi connectivity index (χ2v) is 13.2. The van der Waals surface area contributed by atoms with Gasteiger partial charge in [-0.3, -0.25) is 4.98 Å². The topological polar surface area (TPSA) is 152 Å². The molecule has 2 aliphatic heterocycles. The quantitative estimate of drug-likeness (QED) is 0.147. The van der Waals surface area contributed by atoms with Gasteiger partial charge in [-0.15, -0.1) is 0 Å². The predicted octanol–water partition coefficient (Wildman–Crippen LogP) is 5.40. The molecule has 5 heterocycles. The number of rotatable bonds is 8. The minimum absolute atomic E-state index is 0.0568. The number of carbonyl (C=O) groups excluding carboxylic acids is 1. The first-order chi connectivity index (χ1) is 22.6. The van der Waals surface area contributed by atoms with Gasteiger partial charge < -0.3 is 35.8 Å². The molecule has 2 saturated heterocycles. The van der Waals surface area contributed by atoms with E-state index in [0.717, 1.165) is 65.9 Å². The van der Waals surface area contributed by atoms with Crippen LogP contribution in [0.2, 0.25) is 0 Å². The first-order valence-corrected chi connectivity index (χ1v) is 16.3. The number of aryl methyl sites for hydroxylation is 1. The Morgan fingerprint density at radius 2 is 1.96 bits per heavy atom. The van der Waals surface area contributed by atoms with E-state index in [1.165, 1.54) is 0 Å². The zero-order valence-electron chi connectivity index (χ0n) is 27.5. The second-order valence-electron chi connectivity index (χ2n) is 13.2. The molecule has 248 valence electrons. The number of ether oxygens (including phenoxy) is 2. The fourth-order valence-electron chi connectivity index (χ4n) is 6.18. The number of benzene rings is 1. The number of amidine groups is 1. The number of carbonyl (C=O) groups is 1. The fourth-order valence-corrected chi connectivity index (χ4v) is 6.18. The normalized spacial score (nSPS) is 17.7. The monoisotopic (exact) mass is 640 g/mol. The van der Waals surface area contributed by atoms with Crippen LogP contribution in [0.15, 0.2) is 60.1 Å². The average Bonchev–Trinajstić information content (AvgIpc) is 3.72. The molecule has 1 aromatic carbocycles. The number of nitrogens with one attached hydrogen (secondary N) is 2. The maximum atomic E-state index is 12.3. The molecular formula is C35H44N8O4. The maximum absolute atomic E-state index is 12.3. The van der Waals surface area contributed by atoms with E-state index in [2.05, 4.69) is 26.6 Å². The van der Waals surface area contributed by atoms with Gasteiger partial charge in [0, 0.05) is 61.1 Å². The lowest BCUT2D eigenvalue weighted by atomic mass is 10.0. The van der Waals surface area contributed by atoms with Crippen molar-refractivity contribution in [3.63, 3.8) is 0 Å². The molecular weight excluding hydrogens is 596 g/mol. The number of aromatic nitrogens is 3. The molecule has 0 saturated carbocycles. The summed E-state index contributed by atoms with van der Waals surface area (Å²) < 4.78 is 13.0. The van der Waals surface area contributed by atoms with Crippen molar-refractivity contribution < 1.29 is 19.4 Å². The summed E-state index contributed by atoms with van der Waals surface area (Å²) in [6, 6.07) is 9.44. The Morgan fingerprint density at radius 1 is 1.15 bits per heavy atom. The van der Waals surface area contributed by atoms with Crippen molar-refractivity contribution in [2.45, 2.75) is 71.1 Å². The minimum Gasteiger partial charge on any atom is -0.508 e. The van der Waals surface area contributed by atoms with Crippen molar-refractivity contribution in [3.05, 3.63) is 66.2 Å². The molecule has 47 heavy (non-hydrogen) atoms. The van der Waals surface area contributed by atoms with Crippen LogP contribution in [0.1, 0.15) is 58.1 Å². The molecule has 1 atom stereocenters. The van der Waals surface area contributed by atoms with Gasteiger partial charge in [0.1, 0.15) is 17.2 Å². The molecule has 12 nitrogen and oxygen atoms in total. The van der Waals surface area contributed by atoms with Gasteiger partial charge in [-0.2, -0.15) is 5.10 Å². The number of nitrogens with two attached hydrogens (primary N) is 1. The summed E-state index contributed by atoms with van der Waals surface area (Å²) in [5.74, 6) is 0.526. The molecule has 0 spiro atoms. The lowest BCUT2D eigenvalue weighted by Crippen LogP contribution is -2.46. The van der Waals surface area contributed by atoms with Gasteiger partial charge in [-0.1, -0.05) is 6.92 Å². The third kappa shape index (κ3) is 7.43. The number of anilines is 2. The number of aliphatic imine (C=N–C) groups is 1. The molecule has 0 unspecified atom stereocenters. The van der Waals surface area contributed by atoms with Gasteiger partial charge in [0.25, 0.3) is 0 Å². The van der Waals surface area contributed by atoms with Gasteiger partial charge >= 0.3 is 6.09 Å². The second kappa shape index (κ2) is 13.5. The van der Waals surface area contributed by atoms with Crippen LogP contribution in [0.5, 0.6) is 5.75 Å². The Morgan fingerprint density at radius 3 is 2.68 bits per heavy atom. The van der Waals surface area contributed by atoms with Crippen LogP contribution in [0.4, 0.5) is 21.9 Å². The molecule has 5 N–H and O–H groups in total. The highest BCUT2D eigenvalue weighted by Crippen LogP contribution is 2.36. The number of phenols is 1. The van der Waals surface area contributed by atoms with Gasteiger partial charge in [0.2, 0.25) is 0 Å². The summed E-state index contributed by atoms with van der Waals surface area (Å²) in [4.78, 5) is 23.9. The molecule has 1 amide bonds. The molecule has 0 radical (unpaired) electrons. The number of alkyl carbamates (subject to hydrolysis) is 1. The van der Waals surface area contributed by atoms with Crippen LogP contribution in [-0.4, -0.2) is 75.6 Å². The molecule has 2 fully saturated rings. The molecule has 0 aliphatic carbocycles. The first kappa shape index (κ1) is 32.1. The van der Waals surface area contributed by atoms with Crippen LogP contribution >= 0.6 is 0 Å². The summed E-state index contributed by atoms with van der Waals surface area (Å²) in [7, 11) is 0. The van der Waals surface area contributed by atoms with Crippen LogP contribution < -0.4 is 21.3 Å². The van der Waals surface area contributed by atoms with E-state index in [1.807, 2.05) is 56.9 Å². The van der Waals surface area contributed by atoms with E-state index in [-0.39, 0.29) is 23.9 Å². The van der Waals surface area contributed by atoms with Crippen molar-refractivity contribution in [3.8, 4) is 16.9 Å². The SMILES string of the molecule is CCc1cc(O)ccc1N=C(N)c1cnn2cc(-c3cnccc3N3CCC(NC(=O)OC(C)(C)C)CC3)cc2c1N[C@H]1CCOC1. The number of piperidine rings is 1. The average molecular weight is 641 g/mol. The van der Waals surface area contributed by atoms with Crippen LogP contribution in [-0.2, 0) is 15.9 Å². The minimum atomic E-state index is -0.530. The van der Waals surface area contributed by atoms with Crippen molar-refractivity contribution >= 4 is 34.5 Å². The van der Waals surface area contributed by atoms with Crippen molar-refractivity contribution in [1.29, 1.82) is 0 Å². The Balaban J connectivity index is 1.30. The lowest BCUT2D eigenvalue weighted by Gasteiger charge is -2.35. The zero-order valence-corrected chi connectivity index (χ0v) is 27.5. The molecule has 0 bridgehead atoms. The number of hydrogen-bond acceptors (Lipinski definition) is 9. The van der Waals surface area contributed by atoms with Crippen LogP contribution in [0.3, 0.4) is 0 Å². The third-order valence-electron chi connectivity index (χ3n) is 8.54. The van der Waals surface area contributed by atoms with E-state index >= 15 is 0 Å². The summed E-state index contributed by atoms with van der Waals surface area (Å²) in [5.41, 5.74) is 13.2. The van der Waals surface area contributed by atoms with Gasteiger partial charge in [-0.05, 0) is 82.3 Å². The summed E-state index contributed by atoms with van der Waals surface area (Å²) >= 11 is 0. The maximum Gasteiger partial charge on any atom is 0.407 e. The highest BCUT2D eigenvalue weighted by molar-refractivity contribution is 6.06. The van der Waals surface area contributed by atoms with Crippen molar-refractivity contribution in [1.82, 2.24) is 19.9 Å². The smallest absolute Gasteiger partial charge is 0.407 e. The molecule has 6 rings (SSSR count). The standard InChI is InChI=1S/C35H44N8O4/c1-5-22-16-26(44)6-7-29(22)41-33(36)28-19-38-43-20-23(17-31(43)32(28)39-25-11-15-46-21-25)27-18-37-12-8-30(27)42-13-9-24(10-14-42)40-34(45)47-35(2,3)4/h6-8,12,16-20,24-25,39,44H,5,9-11,13-15,21H2,1-4H3,(H2,36,41)(H,40,45)/t25-/m0/s1. The summed E-state index contributed by atoms with van der Waals surface area (Å²) in [6.45, 7) is 10.5. The van der Waals surface area contributed by atoms with Crippen LogP contribution in [0.25, 0.3) is 16.6 Å². The fraction of sp³-hybridized carbons (Fsp3) is 0.429. The largest absolute Gasteiger partial charge is 0.508 e. The van der Waals surface area contributed by atoms with E-state index in [0.29, 0.717) is 36.7 Å². The number of pyridine rings is 1. The Labute approximate surface area is 275 Å². The highest BCUT2D eigenvalue weighted by atomic mass is 16.6. The number of aromatic hydroxyl groups is 1. The number of nitrogens with zero attached hydrogens (tertiary/aromatic N) is 5. The molecule has 4 aromatic rings. The number of amides is 1.